The van der Waals surface area contributed by atoms with E-state index in [4.69, 9.17) is 0 Å². The van der Waals surface area contributed by atoms with Gasteiger partial charge in [-0.1, -0.05) is 57.0 Å². The summed E-state index contributed by atoms with van der Waals surface area (Å²) < 4.78 is 0. The SMILES string of the molecule is CCCc1ccc(C(=O)Nc2cccc(NC(=O)c3ccc(CCC)cc3)n2)cc1. The molecule has 0 spiro atoms. The molecule has 0 aliphatic heterocycles. The molecular formula is C25H27N3O2. The first kappa shape index (κ1) is 21.2. The van der Waals surface area contributed by atoms with Crippen molar-refractivity contribution < 1.29 is 9.59 Å². The highest BCUT2D eigenvalue weighted by Crippen LogP contribution is 2.14. The van der Waals surface area contributed by atoms with Crippen molar-refractivity contribution in [2.45, 2.75) is 39.5 Å². The number of hydrogen-bond donors (Lipinski definition) is 2. The lowest BCUT2D eigenvalue weighted by Crippen LogP contribution is -2.16. The van der Waals surface area contributed by atoms with Crippen molar-refractivity contribution in [3.05, 3.63) is 89.0 Å². The Morgan fingerprint density at radius 1 is 0.667 bits per heavy atom. The maximum Gasteiger partial charge on any atom is 0.256 e. The number of rotatable bonds is 8. The molecule has 0 aliphatic rings. The molecule has 0 saturated heterocycles. The van der Waals surface area contributed by atoms with Gasteiger partial charge in [0.25, 0.3) is 11.8 Å². The largest absolute Gasteiger partial charge is 0.306 e. The molecule has 5 nitrogen and oxygen atoms in total. The van der Waals surface area contributed by atoms with Crippen LogP contribution in [0.4, 0.5) is 11.6 Å². The molecule has 0 atom stereocenters. The highest BCUT2D eigenvalue weighted by molar-refractivity contribution is 6.05. The fourth-order valence-corrected chi connectivity index (χ4v) is 3.17. The number of aryl methyl sites for hydroxylation is 2. The molecule has 3 rings (SSSR count). The molecule has 1 heterocycles. The minimum absolute atomic E-state index is 0.236. The summed E-state index contributed by atoms with van der Waals surface area (Å²) in [6.07, 6.45) is 4.12. The smallest absolute Gasteiger partial charge is 0.256 e. The number of hydrogen-bond acceptors (Lipinski definition) is 3. The van der Waals surface area contributed by atoms with Crippen LogP contribution >= 0.6 is 0 Å². The fourth-order valence-electron chi connectivity index (χ4n) is 3.17. The zero-order valence-electron chi connectivity index (χ0n) is 17.4. The molecule has 0 fully saturated rings. The lowest BCUT2D eigenvalue weighted by atomic mass is 10.1. The molecular weight excluding hydrogens is 374 g/mol. The number of anilines is 2. The lowest BCUT2D eigenvalue weighted by Gasteiger charge is -2.09. The first-order chi connectivity index (χ1) is 14.6. The van der Waals surface area contributed by atoms with Crippen LogP contribution in [-0.2, 0) is 12.8 Å². The third-order valence-corrected chi connectivity index (χ3v) is 4.74. The van der Waals surface area contributed by atoms with E-state index in [9.17, 15) is 9.59 Å². The normalized spacial score (nSPS) is 10.5. The summed E-state index contributed by atoms with van der Waals surface area (Å²) in [5.74, 6) is 0.295. The molecule has 30 heavy (non-hydrogen) atoms. The van der Waals surface area contributed by atoms with Crippen LogP contribution in [0.15, 0.2) is 66.7 Å². The third kappa shape index (κ3) is 5.77. The van der Waals surface area contributed by atoms with Gasteiger partial charge >= 0.3 is 0 Å². The molecule has 2 N–H and O–H groups in total. The van der Waals surface area contributed by atoms with Crippen LogP contribution in [0.5, 0.6) is 0 Å². The Hall–Kier alpha value is -3.47. The molecule has 0 saturated carbocycles. The van der Waals surface area contributed by atoms with Crippen LogP contribution in [0, 0.1) is 0 Å². The number of carbonyl (C=O) groups is 2. The van der Waals surface area contributed by atoms with E-state index < -0.39 is 0 Å². The molecule has 154 valence electrons. The quantitative estimate of drug-likeness (QED) is 0.524. The van der Waals surface area contributed by atoms with Gasteiger partial charge in [-0.15, -0.1) is 0 Å². The number of pyridine rings is 1. The highest BCUT2D eigenvalue weighted by atomic mass is 16.2. The zero-order valence-corrected chi connectivity index (χ0v) is 17.4. The average molecular weight is 402 g/mol. The van der Waals surface area contributed by atoms with Gasteiger partial charge in [0.15, 0.2) is 0 Å². The Kier molecular flexibility index (Phi) is 7.33. The van der Waals surface area contributed by atoms with E-state index in [2.05, 4.69) is 29.5 Å². The summed E-state index contributed by atoms with van der Waals surface area (Å²) in [6.45, 7) is 4.25. The second-order valence-electron chi connectivity index (χ2n) is 7.21. The van der Waals surface area contributed by atoms with Gasteiger partial charge in [0.2, 0.25) is 0 Å². The highest BCUT2D eigenvalue weighted by Gasteiger charge is 2.10. The van der Waals surface area contributed by atoms with Crippen molar-refractivity contribution in [1.82, 2.24) is 4.98 Å². The van der Waals surface area contributed by atoms with Gasteiger partial charge in [0.05, 0.1) is 0 Å². The maximum atomic E-state index is 12.5. The van der Waals surface area contributed by atoms with E-state index in [-0.39, 0.29) is 11.8 Å². The lowest BCUT2D eigenvalue weighted by molar-refractivity contribution is 0.101. The molecule has 3 aromatic rings. The van der Waals surface area contributed by atoms with Crippen molar-refractivity contribution >= 4 is 23.5 Å². The third-order valence-electron chi connectivity index (χ3n) is 4.74. The molecule has 2 amide bonds. The second-order valence-corrected chi connectivity index (χ2v) is 7.21. The van der Waals surface area contributed by atoms with E-state index in [0.717, 1.165) is 25.7 Å². The van der Waals surface area contributed by atoms with Crippen molar-refractivity contribution in [2.24, 2.45) is 0 Å². The molecule has 0 unspecified atom stereocenters. The van der Waals surface area contributed by atoms with Gasteiger partial charge in [0.1, 0.15) is 11.6 Å². The Labute approximate surface area is 177 Å². The Balaban J connectivity index is 1.63. The summed E-state index contributed by atoms with van der Waals surface area (Å²) in [5.41, 5.74) is 3.55. The summed E-state index contributed by atoms with van der Waals surface area (Å²) in [5, 5.41) is 5.57. The Morgan fingerprint density at radius 3 is 1.43 bits per heavy atom. The maximum absolute atomic E-state index is 12.5. The van der Waals surface area contributed by atoms with Crippen LogP contribution in [0.2, 0.25) is 0 Å². The summed E-state index contributed by atoms with van der Waals surface area (Å²) >= 11 is 0. The van der Waals surface area contributed by atoms with Crippen molar-refractivity contribution in [1.29, 1.82) is 0 Å². The summed E-state index contributed by atoms with van der Waals surface area (Å²) in [7, 11) is 0. The average Bonchev–Trinajstić information content (AvgIpc) is 2.75. The van der Waals surface area contributed by atoms with E-state index in [1.54, 1.807) is 18.2 Å². The van der Waals surface area contributed by atoms with Crippen molar-refractivity contribution in [3.8, 4) is 0 Å². The van der Waals surface area contributed by atoms with Crippen LogP contribution in [0.1, 0.15) is 58.5 Å². The molecule has 0 aliphatic carbocycles. The number of nitrogens with zero attached hydrogens (tertiary/aromatic N) is 1. The Bertz CT molecular complexity index is 917. The van der Waals surface area contributed by atoms with Crippen LogP contribution < -0.4 is 10.6 Å². The number of nitrogens with one attached hydrogen (secondary N) is 2. The minimum Gasteiger partial charge on any atom is -0.306 e. The fraction of sp³-hybridized carbons (Fsp3) is 0.240. The first-order valence-electron chi connectivity index (χ1n) is 10.4. The predicted molar refractivity (Wildman–Crippen MR) is 121 cm³/mol. The van der Waals surface area contributed by atoms with Crippen molar-refractivity contribution in [2.75, 3.05) is 10.6 Å². The van der Waals surface area contributed by atoms with E-state index >= 15 is 0 Å². The number of benzene rings is 2. The van der Waals surface area contributed by atoms with Gasteiger partial charge in [-0.2, -0.15) is 0 Å². The van der Waals surface area contributed by atoms with Gasteiger partial charge in [-0.05, 0) is 60.4 Å². The molecule has 1 aromatic heterocycles. The summed E-state index contributed by atoms with van der Waals surface area (Å²) in [6, 6.07) is 20.2. The number of carbonyl (C=O) groups excluding carboxylic acids is 2. The number of amides is 2. The topological polar surface area (TPSA) is 71.1 Å². The van der Waals surface area contributed by atoms with Crippen LogP contribution in [0.25, 0.3) is 0 Å². The molecule has 5 heteroatoms. The monoisotopic (exact) mass is 401 g/mol. The van der Waals surface area contributed by atoms with Crippen LogP contribution in [0.3, 0.4) is 0 Å². The second kappa shape index (κ2) is 10.3. The first-order valence-corrected chi connectivity index (χ1v) is 10.4. The predicted octanol–water partition coefficient (Wildman–Crippen LogP) is 5.49. The molecule has 2 aromatic carbocycles. The van der Waals surface area contributed by atoms with Gasteiger partial charge in [-0.3, -0.25) is 9.59 Å². The molecule has 0 bridgehead atoms. The summed E-state index contributed by atoms with van der Waals surface area (Å²) in [4.78, 5) is 29.3. The van der Waals surface area contributed by atoms with Gasteiger partial charge < -0.3 is 10.6 Å². The number of aromatic nitrogens is 1. The zero-order chi connectivity index (χ0) is 21.3. The van der Waals surface area contributed by atoms with E-state index in [1.807, 2.05) is 48.5 Å². The van der Waals surface area contributed by atoms with Gasteiger partial charge in [-0.25, -0.2) is 4.98 Å². The Morgan fingerprint density at radius 2 is 1.07 bits per heavy atom. The van der Waals surface area contributed by atoms with Crippen molar-refractivity contribution in [3.63, 3.8) is 0 Å². The molecule has 0 radical (unpaired) electrons. The minimum atomic E-state index is -0.236. The van der Waals surface area contributed by atoms with Crippen LogP contribution in [-0.4, -0.2) is 16.8 Å². The van der Waals surface area contributed by atoms with E-state index in [0.29, 0.717) is 22.8 Å². The standard InChI is InChI=1S/C25H27N3O2/c1-3-6-18-10-14-20(15-11-18)24(29)27-22-8-5-9-23(26-22)28-25(30)21-16-12-19(7-4-2)13-17-21/h5,8-17H,3-4,6-7H2,1-2H3,(H2,26,27,28,29,30). The van der Waals surface area contributed by atoms with E-state index in [1.165, 1.54) is 11.1 Å². The van der Waals surface area contributed by atoms with Gasteiger partial charge in [0, 0.05) is 11.1 Å².